The summed E-state index contributed by atoms with van der Waals surface area (Å²) in [7, 11) is 0. The van der Waals surface area contributed by atoms with Crippen molar-refractivity contribution >= 4 is 11.8 Å². The Kier molecular flexibility index (Phi) is 6.70. The number of carbonyl (C=O) groups excluding carboxylic acids is 2. The second-order valence-corrected chi connectivity index (χ2v) is 12.3. The zero-order valence-corrected chi connectivity index (χ0v) is 21.7. The van der Waals surface area contributed by atoms with Crippen molar-refractivity contribution in [3.05, 3.63) is 47.3 Å². The van der Waals surface area contributed by atoms with Crippen LogP contribution in [0.2, 0.25) is 0 Å². The first-order valence-electron chi connectivity index (χ1n) is 13.8. The summed E-state index contributed by atoms with van der Waals surface area (Å²) in [5.74, 6) is 2.15. The topological polar surface area (TPSA) is 43.4 Å². The van der Waals surface area contributed by atoms with E-state index in [0.717, 1.165) is 44.1 Å². The molecular weight excluding hydrogens is 439 g/mol. The first-order chi connectivity index (χ1) is 16.7. The number of benzene rings is 1. The van der Waals surface area contributed by atoms with E-state index < -0.39 is 0 Å². The van der Waals surface area contributed by atoms with Gasteiger partial charge in [0.05, 0.1) is 0 Å². The van der Waals surface area contributed by atoms with Gasteiger partial charge in [-0.1, -0.05) is 37.6 Å². The van der Waals surface area contributed by atoms with E-state index in [-0.39, 0.29) is 34.6 Å². The summed E-state index contributed by atoms with van der Waals surface area (Å²) in [5, 5.41) is 0. The Bertz CT molecular complexity index is 997. The molecule has 0 bridgehead atoms. The molecule has 0 saturated heterocycles. The molecule has 1 aromatic rings. The number of esters is 1. The third-order valence-corrected chi connectivity index (χ3v) is 10.6. The first-order valence-corrected chi connectivity index (χ1v) is 13.8. The number of carbonyl (C=O) groups is 2. The number of allylic oxidation sites excluding steroid dienone is 1. The molecule has 0 amide bonds. The zero-order chi connectivity index (χ0) is 24.8. The lowest BCUT2D eigenvalue weighted by molar-refractivity contribution is -0.148. The maximum absolute atomic E-state index is 13.5. The summed E-state index contributed by atoms with van der Waals surface area (Å²) in [6.07, 6.45) is 13.6. The van der Waals surface area contributed by atoms with Gasteiger partial charge in [-0.25, -0.2) is 4.39 Å². The SMILES string of the molecule is CC(=O)O[C@H]1CC[C@@]2(C)C(=CCC[C@@H]3[C@@H]4CC[C@H](C(=O)CCc5ccc(F)cc5)[C@@]4(C)CC[C@@H]32)C1. The Hall–Kier alpha value is -1.97. The highest BCUT2D eigenvalue weighted by Crippen LogP contribution is 2.65. The van der Waals surface area contributed by atoms with Gasteiger partial charge < -0.3 is 4.74 Å². The number of ketones is 1. The van der Waals surface area contributed by atoms with Gasteiger partial charge in [-0.3, -0.25) is 9.59 Å². The van der Waals surface area contributed by atoms with Gasteiger partial charge in [0.25, 0.3) is 0 Å². The molecule has 4 aliphatic carbocycles. The minimum absolute atomic E-state index is 0.0341. The van der Waals surface area contributed by atoms with Crippen molar-refractivity contribution in [2.24, 2.45) is 34.5 Å². The number of Topliss-reactive ketones (excluding diaryl/α,β-unsaturated/α-hetero) is 1. The highest BCUT2D eigenvalue weighted by Gasteiger charge is 2.59. The van der Waals surface area contributed by atoms with E-state index in [1.54, 1.807) is 12.1 Å². The molecule has 1 aromatic carbocycles. The fourth-order valence-electron chi connectivity index (χ4n) is 8.83. The summed E-state index contributed by atoms with van der Waals surface area (Å²) in [6.45, 7) is 6.42. The van der Waals surface area contributed by atoms with Gasteiger partial charge in [-0.05, 0) is 104 Å². The maximum Gasteiger partial charge on any atom is 0.302 e. The molecule has 35 heavy (non-hydrogen) atoms. The van der Waals surface area contributed by atoms with Crippen LogP contribution >= 0.6 is 0 Å². The fraction of sp³-hybridized carbons (Fsp3) is 0.677. The lowest BCUT2D eigenvalue weighted by atomic mass is 9.50. The van der Waals surface area contributed by atoms with Crippen molar-refractivity contribution in [2.75, 3.05) is 0 Å². The zero-order valence-electron chi connectivity index (χ0n) is 21.7. The lowest BCUT2D eigenvalue weighted by Gasteiger charge is -2.55. The quantitative estimate of drug-likeness (QED) is 0.330. The van der Waals surface area contributed by atoms with Gasteiger partial charge in [-0.2, -0.15) is 0 Å². The monoisotopic (exact) mass is 480 g/mol. The van der Waals surface area contributed by atoms with Gasteiger partial charge in [0, 0.05) is 25.7 Å². The number of fused-ring (bicyclic) bond motifs is 5. The molecule has 4 heteroatoms. The van der Waals surface area contributed by atoms with Crippen molar-refractivity contribution in [3.8, 4) is 0 Å². The number of hydrogen-bond acceptors (Lipinski definition) is 3. The van der Waals surface area contributed by atoms with E-state index >= 15 is 0 Å². The Balaban J connectivity index is 1.29. The third kappa shape index (κ3) is 4.51. The van der Waals surface area contributed by atoms with Crippen LogP contribution in [0.5, 0.6) is 0 Å². The maximum atomic E-state index is 13.5. The molecule has 4 aliphatic rings. The van der Waals surface area contributed by atoms with E-state index in [0.29, 0.717) is 36.4 Å². The van der Waals surface area contributed by atoms with Crippen LogP contribution in [0, 0.1) is 40.3 Å². The van der Waals surface area contributed by atoms with E-state index in [1.165, 1.54) is 43.9 Å². The molecule has 3 nitrogen and oxygen atoms in total. The molecule has 0 radical (unpaired) electrons. The van der Waals surface area contributed by atoms with Gasteiger partial charge in [0.1, 0.15) is 17.7 Å². The molecule has 0 aliphatic heterocycles. The minimum atomic E-state index is -0.224. The van der Waals surface area contributed by atoms with E-state index in [9.17, 15) is 14.0 Å². The van der Waals surface area contributed by atoms with Crippen LogP contribution in [0.4, 0.5) is 4.39 Å². The molecule has 0 aromatic heterocycles. The van der Waals surface area contributed by atoms with Crippen LogP contribution in [0.3, 0.4) is 0 Å². The summed E-state index contributed by atoms with van der Waals surface area (Å²) < 4.78 is 18.9. The van der Waals surface area contributed by atoms with Crippen LogP contribution in [0.25, 0.3) is 0 Å². The molecule has 0 unspecified atom stereocenters. The van der Waals surface area contributed by atoms with Crippen molar-refractivity contribution in [1.82, 2.24) is 0 Å². The van der Waals surface area contributed by atoms with Gasteiger partial charge in [0.2, 0.25) is 0 Å². The number of halogens is 1. The molecule has 0 spiro atoms. The molecular formula is C31H41FO3. The lowest BCUT2D eigenvalue weighted by Crippen LogP contribution is -2.49. The van der Waals surface area contributed by atoms with Crippen LogP contribution in [0.1, 0.15) is 90.5 Å². The van der Waals surface area contributed by atoms with Crippen molar-refractivity contribution in [3.63, 3.8) is 0 Å². The molecule has 7 atom stereocenters. The predicted octanol–water partition coefficient (Wildman–Crippen LogP) is 7.23. The third-order valence-electron chi connectivity index (χ3n) is 10.6. The number of ether oxygens (including phenoxy) is 1. The standard InChI is InChI=1S/C31H41FO3/c1-20(33)35-24-15-17-30(2)22(19-24)5-4-6-25-26-12-13-28(31(26,3)18-16-27(25)30)29(34)14-9-21-7-10-23(32)11-8-21/h5,7-8,10-11,24-28H,4,6,9,12-19H2,1-3H3/t24-,25+,26-,27-,28+,30-,31-/m0/s1. The van der Waals surface area contributed by atoms with Crippen molar-refractivity contribution in [2.45, 2.75) is 97.5 Å². The second-order valence-electron chi connectivity index (χ2n) is 12.3. The largest absolute Gasteiger partial charge is 0.462 e. The highest BCUT2D eigenvalue weighted by atomic mass is 19.1. The van der Waals surface area contributed by atoms with Gasteiger partial charge in [0.15, 0.2) is 0 Å². The van der Waals surface area contributed by atoms with E-state index in [2.05, 4.69) is 19.9 Å². The molecule has 0 heterocycles. The van der Waals surface area contributed by atoms with Crippen LogP contribution in [-0.2, 0) is 20.7 Å². The Morgan fingerprint density at radius 2 is 1.77 bits per heavy atom. The Morgan fingerprint density at radius 3 is 2.51 bits per heavy atom. The van der Waals surface area contributed by atoms with Crippen LogP contribution in [-0.4, -0.2) is 17.9 Å². The van der Waals surface area contributed by atoms with Gasteiger partial charge in [-0.15, -0.1) is 0 Å². The Labute approximate surface area is 209 Å². The average molecular weight is 481 g/mol. The smallest absolute Gasteiger partial charge is 0.302 e. The predicted molar refractivity (Wildman–Crippen MR) is 135 cm³/mol. The van der Waals surface area contributed by atoms with Crippen LogP contribution < -0.4 is 0 Å². The molecule has 0 N–H and O–H groups in total. The molecule has 190 valence electrons. The summed E-state index contributed by atoms with van der Waals surface area (Å²) in [4.78, 5) is 25.0. The summed E-state index contributed by atoms with van der Waals surface area (Å²) in [5.41, 5.74) is 2.87. The second kappa shape index (κ2) is 9.48. The fourth-order valence-corrected chi connectivity index (χ4v) is 8.83. The van der Waals surface area contributed by atoms with Crippen molar-refractivity contribution < 1.29 is 18.7 Å². The first kappa shape index (κ1) is 24.7. The number of aryl methyl sites for hydroxylation is 1. The number of rotatable bonds is 5. The van der Waals surface area contributed by atoms with Crippen molar-refractivity contribution in [1.29, 1.82) is 0 Å². The number of hydrogen-bond donors (Lipinski definition) is 0. The Morgan fingerprint density at radius 1 is 1.00 bits per heavy atom. The van der Waals surface area contributed by atoms with Crippen LogP contribution in [0.15, 0.2) is 35.9 Å². The minimum Gasteiger partial charge on any atom is -0.462 e. The molecule has 5 rings (SSSR count). The average Bonchev–Trinajstić information content (AvgIpc) is 3.10. The molecule has 3 saturated carbocycles. The van der Waals surface area contributed by atoms with Gasteiger partial charge >= 0.3 is 5.97 Å². The van der Waals surface area contributed by atoms with E-state index in [4.69, 9.17) is 4.74 Å². The normalized spacial score (nSPS) is 38.4. The summed E-state index contributed by atoms with van der Waals surface area (Å²) in [6, 6.07) is 6.59. The van der Waals surface area contributed by atoms with E-state index in [1.807, 2.05) is 0 Å². The highest BCUT2D eigenvalue weighted by molar-refractivity contribution is 5.82. The summed E-state index contributed by atoms with van der Waals surface area (Å²) >= 11 is 0. The molecule has 3 fully saturated rings.